The molecule has 0 atom stereocenters. The second-order valence-corrected chi connectivity index (χ2v) is 4.03. The van der Waals surface area contributed by atoms with E-state index in [1.54, 1.807) is 6.07 Å². The third-order valence-corrected chi connectivity index (χ3v) is 2.44. The summed E-state index contributed by atoms with van der Waals surface area (Å²) in [6.07, 6.45) is 0.357. The molecule has 1 aromatic heterocycles. The fraction of sp³-hybridized carbons (Fsp3) is 0.200. The number of rotatable bonds is 3. The second-order valence-electron chi connectivity index (χ2n) is 3.11. The van der Waals surface area contributed by atoms with Crippen LogP contribution < -0.4 is 0 Å². The highest BCUT2D eigenvalue weighted by atomic mass is 79.9. The number of carboxylic acid groups (broad SMARTS) is 1. The smallest absolute Gasteiger partial charge is 0.303 e. The molecule has 1 heterocycles. The lowest BCUT2D eigenvalue weighted by molar-refractivity contribution is -0.137. The number of aryl methyl sites for hydroxylation is 1. The topological polar surface area (TPSA) is 63.3 Å². The molecular formula is C10H8BrNO3. The Morgan fingerprint density at radius 1 is 1.53 bits per heavy atom. The summed E-state index contributed by atoms with van der Waals surface area (Å²) in [6.45, 7) is 0. The van der Waals surface area contributed by atoms with Crippen molar-refractivity contribution in [1.82, 2.24) is 4.98 Å². The zero-order chi connectivity index (χ0) is 10.8. The molecule has 0 bridgehead atoms. The fourth-order valence-corrected chi connectivity index (χ4v) is 1.62. The van der Waals surface area contributed by atoms with Crippen molar-refractivity contribution in [2.45, 2.75) is 12.8 Å². The normalized spacial score (nSPS) is 10.7. The van der Waals surface area contributed by atoms with Crippen molar-refractivity contribution in [3.05, 3.63) is 28.6 Å². The van der Waals surface area contributed by atoms with Crippen molar-refractivity contribution >= 4 is 33.0 Å². The van der Waals surface area contributed by atoms with Crippen LogP contribution in [0.25, 0.3) is 11.1 Å². The number of aromatic nitrogens is 1. The fourth-order valence-electron chi connectivity index (χ4n) is 1.27. The largest absolute Gasteiger partial charge is 0.481 e. The van der Waals surface area contributed by atoms with Gasteiger partial charge in [0.25, 0.3) is 0 Å². The highest BCUT2D eigenvalue weighted by molar-refractivity contribution is 9.10. The maximum atomic E-state index is 10.4. The van der Waals surface area contributed by atoms with Crippen molar-refractivity contribution < 1.29 is 14.3 Å². The quantitative estimate of drug-likeness (QED) is 0.931. The maximum absolute atomic E-state index is 10.4. The second kappa shape index (κ2) is 4.02. The van der Waals surface area contributed by atoms with Crippen LogP contribution in [0.5, 0.6) is 0 Å². The van der Waals surface area contributed by atoms with Gasteiger partial charge in [0.1, 0.15) is 5.52 Å². The van der Waals surface area contributed by atoms with Crippen LogP contribution in [0.1, 0.15) is 12.3 Å². The summed E-state index contributed by atoms with van der Waals surface area (Å²) in [6, 6.07) is 5.49. The lowest BCUT2D eigenvalue weighted by Gasteiger charge is -1.88. The van der Waals surface area contributed by atoms with Crippen molar-refractivity contribution in [2.24, 2.45) is 0 Å². The standard InChI is InChI=1S/C10H8BrNO3/c11-6-1-2-8-7(5-6)12-9(15-8)3-4-10(13)14/h1-2,5H,3-4H2,(H,13,14). The lowest BCUT2D eigenvalue weighted by Crippen LogP contribution is -1.97. The first-order chi connectivity index (χ1) is 7.15. The molecule has 0 fully saturated rings. The molecule has 0 radical (unpaired) electrons. The first-order valence-electron chi connectivity index (χ1n) is 4.42. The number of carbonyl (C=O) groups is 1. The van der Waals surface area contributed by atoms with E-state index in [0.717, 1.165) is 9.99 Å². The summed E-state index contributed by atoms with van der Waals surface area (Å²) < 4.78 is 6.30. The van der Waals surface area contributed by atoms with Gasteiger partial charge in [-0.2, -0.15) is 0 Å². The van der Waals surface area contributed by atoms with Gasteiger partial charge >= 0.3 is 5.97 Å². The van der Waals surface area contributed by atoms with Gasteiger partial charge in [-0.1, -0.05) is 15.9 Å². The summed E-state index contributed by atoms with van der Waals surface area (Å²) >= 11 is 3.33. The summed E-state index contributed by atoms with van der Waals surface area (Å²) in [5.41, 5.74) is 1.42. The predicted molar refractivity (Wildman–Crippen MR) is 57.7 cm³/mol. The summed E-state index contributed by atoms with van der Waals surface area (Å²) in [5.74, 6) is -0.385. The van der Waals surface area contributed by atoms with E-state index in [1.165, 1.54) is 0 Å². The lowest BCUT2D eigenvalue weighted by atomic mass is 10.3. The van der Waals surface area contributed by atoms with Gasteiger partial charge in [-0.05, 0) is 18.2 Å². The first-order valence-corrected chi connectivity index (χ1v) is 5.21. The van der Waals surface area contributed by atoms with Crippen LogP contribution >= 0.6 is 15.9 Å². The average Bonchev–Trinajstić information content (AvgIpc) is 2.56. The van der Waals surface area contributed by atoms with E-state index in [9.17, 15) is 4.79 Å². The molecule has 78 valence electrons. The molecule has 0 amide bonds. The molecule has 0 aliphatic rings. The average molecular weight is 270 g/mol. The Kier molecular flexibility index (Phi) is 2.73. The Morgan fingerprint density at radius 3 is 3.07 bits per heavy atom. The van der Waals surface area contributed by atoms with E-state index >= 15 is 0 Å². The van der Waals surface area contributed by atoms with Crippen molar-refractivity contribution in [2.75, 3.05) is 0 Å². The number of hydrogen-bond donors (Lipinski definition) is 1. The minimum absolute atomic E-state index is 0.0357. The SMILES string of the molecule is O=C(O)CCc1nc2cc(Br)ccc2o1. The summed E-state index contributed by atoms with van der Waals surface area (Å²) in [7, 11) is 0. The Morgan fingerprint density at radius 2 is 2.33 bits per heavy atom. The van der Waals surface area contributed by atoms with Crippen LogP contribution in [0.4, 0.5) is 0 Å². The van der Waals surface area contributed by atoms with Gasteiger partial charge in [0, 0.05) is 10.9 Å². The van der Waals surface area contributed by atoms with Crippen molar-refractivity contribution in [3.63, 3.8) is 0 Å². The van der Waals surface area contributed by atoms with E-state index in [0.29, 0.717) is 17.9 Å². The van der Waals surface area contributed by atoms with Crippen molar-refractivity contribution in [1.29, 1.82) is 0 Å². The number of aliphatic carboxylic acids is 1. The number of carboxylic acids is 1. The molecule has 4 nitrogen and oxygen atoms in total. The summed E-state index contributed by atoms with van der Waals surface area (Å²) in [4.78, 5) is 14.6. The number of halogens is 1. The molecule has 15 heavy (non-hydrogen) atoms. The van der Waals surface area contributed by atoms with E-state index in [-0.39, 0.29) is 6.42 Å². The van der Waals surface area contributed by atoms with E-state index < -0.39 is 5.97 Å². The number of nitrogens with zero attached hydrogens (tertiary/aromatic N) is 1. The van der Waals surface area contributed by atoms with Gasteiger partial charge in [-0.3, -0.25) is 4.79 Å². The molecule has 0 spiro atoms. The maximum Gasteiger partial charge on any atom is 0.303 e. The Bertz CT molecular complexity index is 506. The van der Waals surface area contributed by atoms with Gasteiger partial charge in [0.2, 0.25) is 0 Å². The number of oxazole rings is 1. The minimum atomic E-state index is -0.849. The zero-order valence-corrected chi connectivity index (χ0v) is 9.32. The molecule has 0 unspecified atom stereocenters. The third-order valence-electron chi connectivity index (χ3n) is 1.95. The van der Waals surface area contributed by atoms with Gasteiger partial charge in [-0.25, -0.2) is 4.98 Å². The molecule has 1 aromatic carbocycles. The van der Waals surface area contributed by atoms with Crippen molar-refractivity contribution in [3.8, 4) is 0 Å². The number of fused-ring (bicyclic) bond motifs is 1. The van der Waals surface area contributed by atoms with E-state index in [1.807, 2.05) is 12.1 Å². The predicted octanol–water partition coefficient (Wildman–Crippen LogP) is 2.61. The molecule has 5 heteroatoms. The monoisotopic (exact) mass is 269 g/mol. The molecule has 2 rings (SSSR count). The van der Waals surface area contributed by atoms with Gasteiger partial charge in [-0.15, -0.1) is 0 Å². The Labute approximate surface area is 94.0 Å². The van der Waals surface area contributed by atoms with E-state index in [4.69, 9.17) is 9.52 Å². The molecule has 2 aromatic rings. The van der Waals surface area contributed by atoms with Gasteiger partial charge in [0.05, 0.1) is 6.42 Å². The molecule has 0 saturated carbocycles. The highest BCUT2D eigenvalue weighted by Gasteiger charge is 2.07. The number of benzene rings is 1. The van der Waals surface area contributed by atoms with Crippen LogP contribution in [0.15, 0.2) is 27.1 Å². The van der Waals surface area contributed by atoms with Gasteiger partial charge < -0.3 is 9.52 Å². The molecule has 0 saturated heterocycles. The van der Waals surface area contributed by atoms with Crippen LogP contribution in [0, 0.1) is 0 Å². The molecule has 0 aliphatic carbocycles. The van der Waals surface area contributed by atoms with Gasteiger partial charge in [0.15, 0.2) is 11.5 Å². The molecular weight excluding hydrogens is 262 g/mol. The summed E-state index contributed by atoms with van der Waals surface area (Å²) in [5, 5.41) is 8.52. The van der Waals surface area contributed by atoms with E-state index in [2.05, 4.69) is 20.9 Å². The molecule has 0 aliphatic heterocycles. The first kappa shape index (κ1) is 10.2. The Balaban J connectivity index is 2.27. The van der Waals surface area contributed by atoms with Crippen LogP contribution in [-0.2, 0) is 11.2 Å². The Hall–Kier alpha value is -1.36. The highest BCUT2D eigenvalue weighted by Crippen LogP contribution is 2.20. The third kappa shape index (κ3) is 2.36. The van der Waals surface area contributed by atoms with Crippen LogP contribution in [0.3, 0.4) is 0 Å². The molecule has 1 N–H and O–H groups in total. The minimum Gasteiger partial charge on any atom is -0.481 e. The zero-order valence-electron chi connectivity index (χ0n) is 7.74. The van der Waals surface area contributed by atoms with Crippen LogP contribution in [0.2, 0.25) is 0 Å². The number of hydrogen-bond acceptors (Lipinski definition) is 3. The van der Waals surface area contributed by atoms with Crippen LogP contribution in [-0.4, -0.2) is 16.1 Å².